The van der Waals surface area contributed by atoms with Gasteiger partial charge < -0.3 is 10.6 Å². The van der Waals surface area contributed by atoms with Crippen LogP contribution in [0.1, 0.15) is 32.6 Å². The lowest BCUT2D eigenvalue weighted by molar-refractivity contribution is -0.121. The zero-order valence-corrected chi connectivity index (χ0v) is 10.7. The van der Waals surface area contributed by atoms with Crippen LogP contribution in [0.4, 0.5) is 0 Å². The topological polar surface area (TPSA) is 41.1 Å². The molecule has 17 heavy (non-hydrogen) atoms. The molecule has 0 aliphatic heterocycles. The van der Waals surface area contributed by atoms with Crippen molar-refractivity contribution < 1.29 is 4.79 Å². The predicted molar refractivity (Wildman–Crippen MR) is 69.6 cm³/mol. The summed E-state index contributed by atoms with van der Waals surface area (Å²) in [5, 5.41) is 6.16. The lowest BCUT2D eigenvalue weighted by Gasteiger charge is -2.28. The Morgan fingerprint density at radius 1 is 1.47 bits per heavy atom. The molecule has 0 unspecified atom stereocenters. The minimum atomic E-state index is 0.113. The highest BCUT2D eigenvalue weighted by Crippen LogP contribution is 2.49. The van der Waals surface area contributed by atoms with Crippen molar-refractivity contribution in [2.45, 2.75) is 38.6 Å². The largest absolute Gasteiger partial charge is 0.352 e. The molecule has 96 valence electrons. The molecule has 2 rings (SSSR count). The summed E-state index contributed by atoms with van der Waals surface area (Å²) in [6, 6.07) is 0.336. The van der Waals surface area contributed by atoms with Gasteiger partial charge in [0.1, 0.15) is 0 Å². The monoisotopic (exact) mass is 236 g/mol. The van der Waals surface area contributed by atoms with Crippen LogP contribution in [0.25, 0.3) is 0 Å². The normalized spacial score (nSPS) is 32.4. The molecule has 0 radical (unpaired) electrons. The van der Waals surface area contributed by atoms with Crippen LogP contribution in [0.5, 0.6) is 0 Å². The van der Waals surface area contributed by atoms with Crippen LogP contribution in [0, 0.1) is 17.8 Å². The number of carbonyl (C=O) groups is 1. The van der Waals surface area contributed by atoms with Crippen molar-refractivity contribution in [3.05, 3.63) is 12.7 Å². The van der Waals surface area contributed by atoms with E-state index in [1.807, 2.05) is 0 Å². The minimum Gasteiger partial charge on any atom is -0.352 e. The maximum Gasteiger partial charge on any atom is 0.234 e. The Balaban J connectivity index is 1.71. The van der Waals surface area contributed by atoms with Gasteiger partial charge >= 0.3 is 0 Å². The molecule has 2 saturated carbocycles. The highest BCUT2D eigenvalue weighted by atomic mass is 16.1. The molecule has 2 aliphatic carbocycles. The van der Waals surface area contributed by atoms with Gasteiger partial charge in [0, 0.05) is 12.6 Å². The van der Waals surface area contributed by atoms with Gasteiger partial charge in [-0.1, -0.05) is 12.5 Å². The van der Waals surface area contributed by atoms with Crippen molar-refractivity contribution in [1.82, 2.24) is 10.6 Å². The Morgan fingerprint density at radius 2 is 2.29 bits per heavy atom. The molecule has 0 aromatic carbocycles. The van der Waals surface area contributed by atoms with Gasteiger partial charge in [0.15, 0.2) is 0 Å². The zero-order chi connectivity index (χ0) is 12.3. The van der Waals surface area contributed by atoms with Crippen LogP contribution >= 0.6 is 0 Å². The van der Waals surface area contributed by atoms with Crippen molar-refractivity contribution in [2.24, 2.45) is 17.8 Å². The average molecular weight is 236 g/mol. The number of hydrogen-bond donors (Lipinski definition) is 2. The van der Waals surface area contributed by atoms with E-state index < -0.39 is 0 Å². The third-order valence-electron chi connectivity index (χ3n) is 4.40. The van der Waals surface area contributed by atoms with Crippen molar-refractivity contribution in [3.8, 4) is 0 Å². The molecule has 2 aliphatic rings. The first-order chi connectivity index (χ1) is 8.20. The Morgan fingerprint density at radius 3 is 2.88 bits per heavy atom. The smallest absolute Gasteiger partial charge is 0.234 e. The van der Waals surface area contributed by atoms with E-state index in [0.717, 1.165) is 17.8 Å². The summed E-state index contributed by atoms with van der Waals surface area (Å²) in [5.74, 6) is 2.65. The Labute approximate surface area is 104 Å². The van der Waals surface area contributed by atoms with Gasteiger partial charge in [0.05, 0.1) is 6.54 Å². The molecule has 2 bridgehead atoms. The van der Waals surface area contributed by atoms with E-state index in [1.165, 1.54) is 25.7 Å². The van der Waals surface area contributed by atoms with Gasteiger partial charge in [0.2, 0.25) is 5.91 Å². The summed E-state index contributed by atoms with van der Waals surface area (Å²) >= 11 is 0. The van der Waals surface area contributed by atoms with Gasteiger partial charge in [-0.2, -0.15) is 0 Å². The fourth-order valence-electron chi connectivity index (χ4n) is 3.61. The summed E-state index contributed by atoms with van der Waals surface area (Å²) in [6.07, 6.45) is 7.30. The van der Waals surface area contributed by atoms with Crippen molar-refractivity contribution >= 4 is 5.91 Å². The van der Waals surface area contributed by atoms with Crippen LogP contribution < -0.4 is 10.6 Å². The molecule has 0 aromatic rings. The Bertz CT molecular complexity index is 290. The number of nitrogens with one attached hydrogen (secondary N) is 2. The minimum absolute atomic E-state index is 0.113. The third kappa shape index (κ3) is 3.09. The molecular formula is C14H24N2O. The number of amides is 1. The van der Waals surface area contributed by atoms with Gasteiger partial charge in [-0.15, -0.1) is 6.58 Å². The molecule has 3 nitrogen and oxygen atoms in total. The fourth-order valence-corrected chi connectivity index (χ4v) is 3.61. The molecule has 2 fully saturated rings. The van der Waals surface area contributed by atoms with Crippen molar-refractivity contribution in [2.75, 3.05) is 13.1 Å². The fraction of sp³-hybridized carbons (Fsp3) is 0.786. The average Bonchev–Trinajstić information content (AvgIpc) is 2.91. The summed E-state index contributed by atoms with van der Waals surface area (Å²) < 4.78 is 0. The first-order valence-electron chi connectivity index (χ1n) is 6.81. The molecular weight excluding hydrogens is 212 g/mol. The van der Waals surface area contributed by atoms with Gasteiger partial charge in [-0.3, -0.25) is 4.79 Å². The van der Waals surface area contributed by atoms with E-state index in [4.69, 9.17) is 0 Å². The second-order valence-electron chi connectivity index (χ2n) is 5.61. The molecule has 0 heterocycles. The number of carbonyl (C=O) groups excluding carboxylic acids is 1. The Hall–Kier alpha value is -0.830. The SMILES string of the molecule is C=CCNCC(=O)N[C@H](C)[C@@H]1C[C@H]2CC[C@H]1C2. The van der Waals surface area contributed by atoms with Gasteiger partial charge in [-0.25, -0.2) is 0 Å². The second-order valence-corrected chi connectivity index (χ2v) is 5.61. The summed E-state index contributed by atoms with van der Waals surface area (Å²) in [5.41, 5.74) is 0. The van der Waals surface area contributed by atoms with Crippen molar-refractivity contribution in [1.29, 1.82) is 0 Å². The van der Waals surface area contributed by atoms with Crippen LogP contribution in [0.2, 0.25) is 0 Å². The highest BCUT2D eigenvalue weighted by Gasteiger charge is 2.41. The maximum absolute atomic E-state index is 11.7. The molecule has 0 saturated heterocycles. The van der Waals surface area contributed by atoms with Crippen LogP contribution in [-0.4, -0.2) is 25.0 Å². The van der Waals surface area contributed by atoms with E-state index in [0.29, 0.717) is 19.1 Å². The number of rotatable bonds is 6. The Kier molecular flexibility index (Phi) is 4.21. The second kappa shape index (κ2) is 5.67. The predicted octanol–water partition coefficient (Wildman–Crippen LogP) is 1.70. The molecule has 0 spiro atoms. The van der Waals surface area contributed by atoms with E-state index in [1.54, 1.807) is 6.08 Å². The van der Waals surface area contributed by atoms with E-state index in [9.17, 15) is 4.79 Å². The summed E-state index contributed by atoms with van der Waals surface area (Å²) in [6.45, 7) is 6.87. The molecule has 3 heteroatoms. The summed E-state index contributed by atoms with van der Waals surface area (Å²) in [7, 11) is 0. The lowest BCUT2D eigenvalue weighted by Crippen LogP contribution is -2.43. The van der Waals surface area contributed by atoms with E-state index in [2.05, 4.69) is 24.1 Å². The van der Waals surface area contributed by atoms with Crippen molar-refractivity contribution in [3.63, 3.8) is 0 Å². The molecule has 0 aromatic heterocycles. The molecule has 1 amide bonds. The lowest BCUT2D eigenvalue weighted by atomic mass is 9.84. The molecule has 4 atom stereocenters. The van der Waals surface area contributed by atoms with Crippen LogP contribution in [0.3, 0.4) is 0 Å². The first-order valence-corrected chi connectivity index (χ1v) is 6.81. The zero-order valence-electron chi connectivity index (χ0n) is 10.7. The maximum atomic E-state index is 11.7. The highest BCUT2D eigenvalue weighted by molar-refractivity contribution is 5.78. The standard InChI is InChI=1S/C14H24N2O/c1-3-6-15-9-14(17)16-10(2)13-8-11-4-5-12(13)7-11/h3,10-13,15H,1,4-9H2,2H3,(H,16,17)/t10-,11+,12+,13+/m1/s1. The van der Waals surface area contributed by atoms with Gasteiger partial charge in [0.25, 0.3) is 0 Å². The molecule has 2 N–H and O–H groups in total. The number of hydrogen-bond acceptors (Lipinski definition) is 2. The first kappa shape index (κ1) is 12.6. The van der Waals surface area contributed by atoms with Crippen LogP contribution in [0.15, 0.2) is 12.7 Å². The summed E-state index contributed by atoms with van der Waals surface area (Å²) in [4.78, 5) is 11.7. The van der Waals surface area contributed by atoms with E-state index >= 15 is 0 Å². The van der Waals surface area contributed by atoms with Crippen LogP contribution in [-0.2, 0) is 4.79 Å². The number of fused-ring (bicyclic) bond motifs is 2. The quantitative estimate of drug-likeness (QED) is 0.544. The van der Waals surface area contributed by atoms with E-state index in [-0.39, 0.29) is 5.91 Å². The van der Waals surface area contributed by atoms with Gasteiger partial charge in [-0.05, 0) is 43.9 Å². The third-order valence-corrected chi connectivity index (χ3v) is 4.40.